The highest BCUT2D eigenvalue weighted by Crippen LogP contribution is 2.17. The van der Waals surface area contributed by atoms with Gasteiger partial charge in [-0.15, -0.1) is 0 Å². The fourth-order valence-electron chi connectivity index (χ4n) is 1.76. The zero-order valence-electron chi connectivity index (χ0n) is 12.0. The summed E-state index contributed by atoms with van der Waals surface area (Å²) in [5.74, 6) is 1.95. The number of hydrogen-bond donors (Lipinski definition) is 1. The summed E-state index contributed by atoms with van der Waals surface area (Å²) in [5.41, 5.74) is 0. The summed E-state index contributed by atoms with van der Waals surface area (Å²) in [6, 6.07) is 7.09. The number of halogens is 1. The molecule has 0 radical (unpaired) electrons. The lowest BCUT2D eigenvalue weighted by Crippen LogP contribution is -2.28. The first kappa shape index (κ1) is 15.3. The molecule has 0 aliphatic carbocycles. The maximum absolute atomic E-state index is 12.0. The number of aromatic amines is 1. The van der Waals surface area contributed by atoms with E-state index in [1.807, 2.05) is 6.92 Å². The number of aryl methyl sites for hydroxylation is 1. The van der Waals surface area contributed by atoms with Crippen LogP contribution in [0.5, 0.6) is 5.75 Å². The molecule has 0 fully saturated rings. The molecule has 1 aromatic heterocycles. The summed E-state index contributed by atoms with van der Waals surface area (Å²) in [4.78, 5) is 17.7. The molecule has 7 heteroatoms. The summed E-state index contributed by atoms with van der Waals surface area (Å²) >= 11 is 5.86. The van der Waals surface area contributed by atoms with E-state index in [4.69, 9.17) is 16.3 Å². The Morgan fingerprint density at radius 1 is 1.48 bits per heavy atom. The molecule has 0 bridgehead atoms. The van der Waals surface area contributed by atoms with Crippen LogP contribution in [0.1, 0.15) is 18.1 Å². The highest BCUT2D eigenvalue weighted by atomic mass is 35.5. The van der Waals surface area contributed by atoms with E-state index in [9.17, 15) is 4.79 Å². The van der Waals surface area contributed by atoms with Crippen molar-refractivity contribution in [1.29, 1.82) is 0 Å². The number of ether oxygens (including phenoxy) is 1. The molecule has 1 amide bonds. The number of benzene rings is 1. The molecular formula is C14H17ClN4O2. The molecule has 0 saturated carbocycles. The number of rotatable bonds is 6. The van der Waals surface area contributed by atoms with E-state index < -0.39 is 0 Å². The van der Waals surface area contributed by atoms with Crippen molar-refractivity contribution in [1.82, 2.24) is 20.1 Å². The van der Waals surface area contributed by atoms with E-state index in [1.54, 1.807) is 36.2 Å². The van der Waals surface area contributed by atoms with Gasteiger partial charge in [-0.3, -0.25) is 9.89 Å². The Morgan fingerprint density at radius 2 is 2.29 bits per heavy atom. The predicted octanol–water partition coefficient (Wildman–Crippen LogP) is 2.19. The smallest absolute Gasteiger partial charge is 0.226 e. The van der Waals surface area contributed by atoms with Gasteiger partial charge in [0.05, 0.1) is 19.6 Å². The highest BCUT2D eigenvalue weighted by molar-refractivity contribution is 6.30. The molecule has 21 heavy (non-hydrogen) atoms. The number of nitrogens with zero attached hydrogens (tertiary/aromatic N) is 3. The maximum Gasteiger partial charge on any atom is 0.226 e. The van der Waals surface area contributed by atoms with Crippen LogP contribution in [-0.4, -0.2) is 39.6 Å². The van der Waals surface area contributed by atoms with Gasteiger partial charge in [0.2, 0.25) is 5.91 Å². The first-order valence-electron chi connectivity index (χ1n) is 6.55. The summed E-state index contributed by atoms with van der Waals surface area (Å²) in [6.45, 7) is 2.49. The number of carbonyl (C=O) groups is 1. The van der Waals surface area contributed by atoms with Gasteiger partial charge >= 0.3 is 0 Å². The van der Waals surface area contributed by atoms with E-state index in [0.29, 0.717) is 29.7 Å². The first-order chi connectivity index (χ1) is 10.0. The fourth-order valence-corrected chi connectivity index (χ4v) is 1.94. The van der Waals surface area contributed by atoms with Crippen molar-refractivity contribution in [3.05, 3.63) is 40.9 Å². The van der Waals surface area contributed by atoms with Crippen molar-refractivity contribution < 1.29 is 9.53 Å². The monoisotopic (exact) mass is 308 g/mol. The van der Waals surface area contributed by atoms with E-state index >= 15 is 0 Å². The van der Waals surface area contributed by atoms with Gasteiger partial charge in [0.1, 0.15) is 11.6 Å². The van der Waals surface area contributed by atoms with Crippen molar-refractivity contribution in [2.75, 3.05) is 13.7 Å². The van der Waals surface area contributed by atoms with Gasteiger partial charge < -0.3 is 9.64 Å². The topological polar surface area (TPSA) is 71.1 Å². The Kier molecular flexibility index (Phi) is 5.16. The molecule has 1 heterocycles. The number of aromatic nitrogens is 3. The number of amides is 1. The van der Waals surface area contributed by atoms with Crippen LogP contribution in [-0.2, 0) is 11.3 Å². The van der Waals surface area contributed by atoms with Crippen LogP contribution in [0, 0.1) is 6.92 Å². The minimum atomic E-state index is -0.0283. The number of hydrogen-bond acceptors (Lipinski definition) is 4. The van der Waals surface area contributed by atoms with E-state index in [1.165, 1.54) is 0 Å². The summed E-state index contributed by atoms with van der Waals surface area (Å²) in [5, 5.41) is 7.35. The molecule has 6 nitrogen and oxygen atoms in total. The van der Waals surface area contributed by atoms with Gasteiger partial charge in [-0.25, -0.2) is 4.98 Å². The number of carbonyl (C=O) groups excluding carboxylic acids is 1. The Hall–Kier alpha value is -2.08. The van der Waals surface area contributed by atoms with Crippen LogP contribution in [0.2, 0.25) is 5.02 Å². The van der Waals surface area contributed by atoms with E-state index in [2.05, 4.69) is 15.2 Å². The largest absolute Gasteiger partial charge is 0.493 e. The Balaban J connectivity index is 1.76. The zero-order valence-corrected chi connectivity index (χ0v) is 12.7. The van der Waals surface area contributed by atoms with Crippen LogP contribution in [0.3, 0.4) is 0 Å². The molecule has 0 aliphatic rings. The first-order valence-corrected chi connectivity index (χ1v) is 6.92. The van der Waals surface area contributed by atoms with Crippen molar-refractivity contribution in [2.45, 2.75) is 19.9 Å². The van der Waals surface area contributed by atoms with Crippen molar-refractivity contribution in [3.63, 3.8) is 0 Å². The number of H-pyrrole nitrogens is 1. The van der Waals surface area contributed by atoms with E-state index in [-0.39, 0.29) is 12.3 Å². The van der Waals surface area contributed by atoms with Crippen molar-refractivity contribution in [3.8, 4) is 5.75 Å². The van der Waals surface area contributed by atoms with Gasteiger partial charge in [-0.05, 0) is 25.1 Å². The van der Waals surface area contributed by atoms with Crippen LogP contribution in [0.15, 0.2) is 24.3 Å². The molecule has 1 N–H and O–H groups in total. The lowest BCUT2D eigenvalue weighted by molar-refractivity contribution is -0.131. The third-order valence-electron chi connectivity index (χ3n) is 2.83. The van der Waals surface area contributed by atoms with Crippen LogP contribution < -0.4 is 4.74 Å². The second-order valence-corrected chi connectivity index (χ2v) is 5.08. The molecule has 0 atom stereocenters. The molecular weight excluding hydrogens is 292 g/mol. The normalized spacial score (nSPS) is 10.4. The maximum atomic E-state index is 12.0. The molecule has 0 unspecified atom stereocenters. The predicted molar refractivity (Wildman–Crippen MR) is 79.2 cm³/mol. The zero-order chi connectivity index (χ0) is 15.2. The van der Waals surface area contributed by atoms with Crippen LogP contribution in [0.4, 0.5) is 0 Å². The quantitative estimate of drug-likeness (QED) is 0.888. The van der Waals surface area contributed by atoms with Gasteiger partial charge in [0.15, 0.2) is 5.82 Å². The Morgan fingerprint density at radius 3 is 2.95 bits per heavy atom. The van der Waals surface area contributed by atoms with Crippen LogP contribution in [0.25, 0.3) is 0 Å². The molecule has 0 saturated heterocycles. The second-order valence-electron chi connectivity index (χ2n) is 4.64. The third-order valence-corrected chi connectivity index (χ3v) is 3.06. The average Bonchev–Trinajstić information content (AvgIpc) is 2.84. The standard InChI is InChI=1S/C14H17ClN4O2/c1-10-16-13(18-17-10)9-19(2)14(20)6-7-21-12-5-3-4-11(15)8-12/h3-5,8H,6-7,9H2,1-2H3,(H,16,17,18). The van der Waals surface area contributed by atoms with Gasteiger partial charge in [0.25, 0.3) is 0 Å². The molecule has 2 rings (SSSR count). The average molecular weight is 309 g/mol. The van der Waals surface area contributed by atoms with Crippen molar-refractivity contribution in [2.24, 2.45) is 0 Å². The minimum absolute atomic E-state index is 0.0283. The van der Waals surface area contributed by atoms with Gasteiger partial charge in [-0.2, -0.15) is 5.10 Å². The summed E-state index contributed by atoms with van der Waals surface area (Å²) in [6.07, 6.45) is 0.284. The molecule has 1 aromatic carbocycles. The van der Waals surface area contributed by atoms with Crippen molar-refractivity contribution >= 4 is 17.5 Å². The minimum Gasteiger partial charge on any atom is -0.493 e. The Bertz CT molecular complexity index is 615. The third kappa shape index (κ3) is 4.75. The second kappa shape index (κ2) is 7.08. The fraction of sp³-hybridized carbons (Fsp3) is 0.357. The van der Waals surface area contributed by atoms with Gasteiger partial charge in [-0.1, -0.05) is 17.7 Å². The lowest BCUT2D eigenvalue weighted by atomic mass is 10.3. The molecule has 0 spiro atoms. The molecule has 2 aromatic rings. The highest BCUT2D eigenvalue weighted by Gasteiger charge is 2.11. The lowest BCUT2D eigenvalue weighted by Gasteiger charge is -2.15. The SMILES string of the molecule is Cc1nc(CN(C)C(=O)CCOc2cccc(Cl)c2)n[nH]1. The number of nitrogens with one attached hydrogen (secondary N) is 1. The molecule has 0 aliphatic heterocycles. The Labute approximate surface area is 128 Å². The van der Waals surface area contributed by atoms with Crippen LogP contribution >= 0.6 is 11.6 Å². The van der Waals surface area contributed by atoms with E-state index in [0.717, 1.165) is 5.82 Å². The van der Waals surface area contributed by atoms with Gasteiger partial charge in [0, 0.05) is 12.1 Å². The summed E-state index contributed by atoms with van der Waals surface area (Å²) < 4.78 is 5.49. The molecule has 112 valence electrons. The summed E-state index contributed by atoms with van der Waals surface area (Å²) in [7, 11) is 1.72.